The number of nitrogens with one attached hydrogen (secondary N) is 2. The normalized spacial score (nSPS) is 14.6. The van der Waals surface area contributed by atoms with Gasteiger partial charge in [-0.25, -0.2) is 0 Å². The Bertz CT molecular complexity index is 393. The Labute approximate surface area is 138 Å². The second-order valence-corrected chi connectivity index (χ2v) is 4.72. The van der Waals surface area contributed by atoms with Crippen LogP contribution in [0.25, 0.3) is 0 Å². The summed E-state index contributed by atoms with van der Waals surface area (Å²) in [5.74, 6) is 0.910. The molecule has 0 atom stereocenters. The van der Waals surface area contributed by atoms with Crippen molar-refractivity contribution in [3.8, 4) is 0 Å². The molecule has 0 amide bonds. The topological polar surface area (TPSA) is 45.7 Å². The van der Waals surface area contributed by atoms with Crippen molar-refractivity contribution >= 4 is 29.9 Å². The lowest BCUT2D eigenvalue weighted by atomic mass is 10.2. The fraction of sp³-hybridized carbons (Fsp3) is 0.533. The Hall–Kier alpha value is -0.820. The van der Waals surface area contributed by atoms with E-state index in [4.69, 9.17) is 4.74 Å². The van der Waals surface area contributed by atoms with Crippen LogP contribution in [0.15, 0.2) is 35.3 Å². The zero-order valence-corrected chi connectivity index (χ0v) is 14.3. The lowest BCUT2D eigenvalue weighted by Gasteiger charge is -2.10. The standard InChI is InChI=1S/C15H23N3O.HI/c1-2-16-15(18-14-8-9-14)17-10-11-19-12-13-6-4-3-5-7-13;/h3-7,14H,2,8-12H2,1H3,(H2,16,17,18);1H. The SMILES string of the molecule is CCNC(=NCCOCc1ccccc1)NC1CC1.I. The van der Waals surface area contributed by atoms with Crippen molar-refractivity contribution in [3.63, 3.8) is 0 Å². The summed E-state index contributed by atoms with van der Waals surface area (Å²) in [7, 11) is 0. The van der Waals surface area contributed by atoms with E-state index in [9.17, 15) is 0 Å². The number of nitrogens with zero attached hydrogens (tertiary/aromatic N) is 1. The molecule has 0 bridgehead atoms. The van der Waals surface area contributed by atoms with Crippen LogP contribution in [0, 0.1) is 0 Å². The molecule has 112 valence electrons. The molecule has 0 heterocycles. The third kappa shape index (κ3) is 7.09. The van der Waals surface area contributed by atoms with Crippen LogP contribution in [0.1, 0.15) is 25.3 Å². The van der Waals surface area contributed by atoms with Gasteiger partial charge >= 0.3 is 0 Å². The summed E-state index contributed by atoms with van der Waals surface area (Å²) in [6.45, 7) is 4.97. The Morgan fingerprint density at radius 3 is 2.70 bits per heavy atom. The largest absolute Gasteiger partial charge is 0.375 e. The van der Waals surface area contributed by atoms with Gasteiger partial charge in [0.05, 0.1) is 19.8 Å². The van der Waals surface area contributed by atoms with E-state index < -0.39 is 0 Å². The van der Waals surface area contributed by atoms with Crippen LogP contribution in [0.5, 0.6) is 0 Å². The van der Waals surface area contributed by atoms with Gasteiger partial charge < -0.3 is 15.4 Å². The highest BCUT2D eigenvalue weighted by atomic mass is 127. The minimum atomic E-state index is 0. The molecule has 2 N–H and O–H groups in total. The maximum absolute atomic E-state index is 5.61. The molecule has 0 aliphatic heterocycles. The molecule has 0 radical (unpaired) electrons. The summed E-state index contributed by atoms with van der Waals surface area (Å²) >= 11 is 0. The number of rotatable bonds is 7. The molecule has 0 spiro atoms. The van der Waals surface area contributed by atoms with Gasteiger partial charge in [0.2, 0.25) is 0 Å². The van der Waals surface area contributed by atoms with Crippen molar-refractivity contribution in [1.29, 1.82) is 0 Å². The first kappa shape index (κ1) is 17.2. The van der Waals surface area contributed by atoms with Gasteiger partial charge in [-0.2, -0.15) is 0 Å². The van der Waals surface area contributed by atoms with Gasteiger partial charge in [0, 0.05) is 12.6 Å². The third-order valence-electron chi connectivity index (χ3n) is 2.88. The molecule has 1 aliphatic rings. The van der Waals surface area contributed by atoms with E-state index in [1.807, 2.05) is 18.2 Å². The van der Waals surface area contributed by atoms with Gasteiger partial charge in [0.25, 0.3) is 0 Å². The summed E-state index contributed by atoms with van der Waals surface area (Å²) in [5, 5.41) is 6.63. The maximum atomic E-state index is 5.61. The summed E-state index contributed by atoms with van der Waals surface area (Å²) in [6.07, 6.45) is 2.52. The van der Waals surface area contributed by atoms with E-state index in [1.54, 1.807) is 0 Å². The van der Waals surface area contributed by atoms with Crippen molar-refractivity contribution in [1.82, 2.24) is 10.6 Å². The quantitative estimate of drug-likeness (QED) is 0.326. The second kappa shape index (κ2) is 9.99. The first-order valence-electron chi connectivity index (χ1n) is 7.05. The molecule has 1 fully saturated rings. The van der Waals surface area contributed by atoms with Crippen molar-refractivity contribution in [2.45, 2.75) is 32.4 Å². The molecular formula is C15H24IN3O. The number of guanidine groups is 1. The van der Waals surface area contributed by atoms with E-state index in [-0.39, 0.29) is 24.0 Å². The number of hydrogen-bond donors (Lipinski definition) is 2. The van der Waals surface area contributed by atoms with Crippen LogP contribution in [-0.4, -0.2) is 31.7 Å². The molecule has 1 aliphatic carbocycles. The van der Waals surface area contributed by atoms with Gasteiger partial charge in [-0.1, -0.05) is 30.3 Å². The molecule has 0 unspecified atom stereocenters. The second-order valence-electron chi connectivity index (χ2n) is 4.72. The Kier molecular flexibility index (Phi) is 8.60. The van der Waals surface area contributed by atoms with Gasteiger partial charge in [-0.05, 0) is 25.3 Å². The van der Waals surface area contributed by atoms with E-state index in [1.165, 1.54) is 18.4 Å². The minimum Gasteiger partial charge on any atom is -0.375 e. The third-order valence-corrected chi connectivity index (χ3v) is 2.88. The van der Waals surface area contributed by atoms with Crippen LogP contribution in [0.2, 0.25) is 0 Å². The fourth-order valence-electron chi connectivity index (χ4n) is 1.73. The van der Waals surface area contributed by atoms with Gasteiger partial charge in [-0.15, -0.1) is 24.0 Å². The van der Waals surface area contributed by atoms with Crippen molar-refractivity contribution in [2.24, 2.45) is 4.99 Å². The Balaban J connectivity index is 0.00000200. The molecule has 4 nitrogen and oxygen atoms in total. The Morgan fingerprint density at radius 1 is 1.30 bits per heavy atom. The van der Waals surface area contributed by atoms with Crippen molar-refractivity contribution in [2.75, 3.05) is 19.7 Å². The zero-order valence-electron chi connectivity index (χ0n) is 12.0. The monoisotopic (exact) mass is 389 g/mol. The molecule has 20 heavy (non-hydrogen) atoms. The highest BCUT2D eigenvalue weighted by Gasteiger charge is 2.21. The lowest BCUT2D eigenvalue weighted by molar-refractivity contribution is 0.128. The van der Waals surface area contributed by atoms with Crippen LogP contribution in [-0.2, 0) is 11.3 Å². The Morgan fingerprint density at radius 2 is 2.05 bits per heavy atom. The maximum Gasteiger partial charge on any atom is 0.191 e. The van der Waals surface area contributed by atoms with E-state index in [2.05, 4.69) is 34.7 Å². The smallest absolute Gasteiger partial charge is 0.191 e. The van der Waals surface area contributed by atoms with Crippen LogP contribution in [0.4, 0.5) is 0 Å². The summed E-state index contributed by atoms with van der Waals surface area (Å²) in [5.41, 5.74) is 1.20. The van der Waals surface area contributed by atoms with E-state index >= 15 is 0 Å². The van der Waals surface area contributed by atoms with Crippen LogP contribution >= 0.6 is 24.0 Å². The average Bonchev–Trinajstić information content (AvgIpc) is 3.24. The number of halogens is 1. The molecular weight excluding hydrogens is 365 g/mol. The highest BCUT2D eigenvalue weighted by Crippen LogP contribution is 2.18. The van der Waals surface area contributed by atoms with E-state index in [0.29, 0.717) is 25.8 Å². The summed E-state index contributed by atoms with van der Waals surface area (Å²) in [6, 6.07) is 10.8. The molecule has 1 aromatic rings. The van der Waals surface area contributed by atoms with Gasteiger partial charge in [-0.3, -0.25) is 4.99 Å². The van der Waals surface area contributed by atoms with Gasteiger partial charge in [0.1, 0.15) is 0 Å². The molecule has 2 rings (SSSR count). The van der Waals surface area contributed by atoms with Crippen molar-refractivity contribution in [3.05, 3.63) is 35.9 Å². The number of aliphatic imine (C=N–C) groups is 1. The number of ether oxygens (including phenoxy) is 1. The first-order valence-corrected chi connectivity index (χ1v) is 7.05. The average molecular weight is 389 g/mol. The van der Waals surface area contributed by atoms with Crippen molar-refractivity contribution < 1.29 is 4.74 Å². The molecule has 0 aromatic heterocycles. The van der Waals surface area contributed by atoms with Crippen LogP contribution < -0.4 is 10.6 Å². The zero-order chi connectivity index (χ0) is 13.3. The molecule has 0 saturated heterocycles. The first-order chi connectivity index (χ1) is 9.38. The van der Waals surface area contributed by atoms with Gasteiger partial charge in [0.15, 0.2) is 5.96 Å². The predicted octanol–water partition coefficient (Wildman–Crippen LogP) is 2.54. The van der Waals surface area contributed by atoms with E-state index in [0.717, 1.165) is 12.5 Å². The fourth-order valence-corrected chi connectivity index (χ4v) is 1.73. The molecule has 1 aromatic carbocycles. The highest BCUT2D eigenvalue weighted by molar-refractivity contribution is 14.0. The number of benzene rings is 1. The summed E-state index contributed by atoms with van der Waals surface area (Å²) in [4.78, 5) is 4.49. The lowest BCUT2D eigenvalue weighted by Crippen LogP contribution is -2.38. The molecule has 1 saturated carbocycles. The van der Waals surface area contributed by atoms with Crippen LogP contribution in [0.3, 0.4) is 0 Å². The molecule has 5 heteroatoms. The minimum absolute atomic E-state index is 0. The predicted molar refractivity (Wildman–Crippen MR) is 93.6 cm³/mol. The number of hydrogen-bond acceptors (Lipinski definition) is 2. The summed E-state index contributed by atoms with van der Waals surface area (Å²) < 4.78 is 5.61.